The van der Waals surface area contributed by atoms with Gasteiger partial charge < -0.3 is 10.5 Å². The third-order valence-corrected chi connectivity index (χ3v) is 4.20. The molecular weight excluding hydrogens is 329 g/mol. The normalized spacial score (nSPS) is 12.2. The van der Waals surface area contributed by atoms with Gasteiger partial charge in [-0.2, -0.15) is 0 Å². The Bertz CT molecular complexity index is 631. The van der Waals surface area contributed by atoms with Crippen molar-refractivity contribution in [1.82, 2.24) is 0 Å². The van der Waals surface area contributed by atoms with Crippen LogP contribution in [0.4, 0.5) is 0 Å². The SMILES string of the molecule is CCC(N)Cc1cc(Cl)ccc1Oc1cccc(Cl)c1Cl. The van der Waals surface area contributed by atoms with E-state index in [1.807, 2.05) is 19.1 Å². The van der Waals surface area contributed by atoms with Gasteiger partial charge in [-0.25, -0.2) is 0 Å². The van der Waals surface area contributed by atoms with Crippen LogP contribution in [0.5, 0.6) is 11.5 Å². The summed E-state index contributed by atoms with van der Waals surface area (Å²) in [6, 6.07) is 10.8. The van der Waals surface area contributed by atoms with E-state index in [9.17, 15) is 0 Å². The zero-order valence-electron chi connectivity index (χ0n) is 11.6. The lowest BCUT2D eigenvalue weighted by Gasteiger charge is -2.15. The summed E-state index contributed by atoms with van der Waals surface area (Å²) in [4.78, 5) is 0. The van der Waals surface area contributed by atoms with Gasteiger partial charge in [0.25, 0.3) is 0 Å². The highest BCUT2D eigenvalue weighted by Crippen LogP contribution is 2.36. The van der Waals surface area contributed by atoms with E-state index in [1.165, 1.54) is 0 Å². The molecule has 2 rings (SSSR count). The molecule has 0 bridgehead atoms. The lowest BCUT2D eigenvalue weighted by Crippen LogP contribution is -2.21. The van der Waals surface area contributed by atoms with Gasteiger partial charge >= 0.3 is 0 Å². The number of halogens is 3. The second-order valence-electron chi connectivity index (χ2n) is 4.78. The molecule has 0 aliphatic carbocycles. The first-order valence-corrected chi connectivity index (χ1v) is 7.80. The molecule has 1 atom stereocenters. The van der Waals surface area contributed by atoms with Crippen LogP contribution in [0.1, 0.15) is 18.9 Å². The standard InChI is InChI=1S/C16H16Cl3NO/c1-2-12(20)9-10-8-11(17)6-7-14(10)21-15-5-3-4-13(18)16(15)19/h3-8,12H,2,9,20H2,1H3. The van der Waals surface area contributed by atoms with Gasteiger partial charge in [0.2, 0.25) is 0 Å². The average Bonchev–Trinajstić information content (AvgIpc) is 2.46. The van der Waals surface area contributed by atoms with Gasteiger partial charge in [0.05, 0.1) is 5.02 Å². The van der Waals surface area contributed by atoms with Crippen LogP contribution >= 0.6 is 34.8 Å². The van der Waals surface area contributed by atoms with E-state index >= 15 is 0 Å². The van der Waals surface area contributed by atoms with E-state index in [0.29, 0.717) is 33.0 Å². The molecular formula is C16H16Cl3NO. The quantitative estimate of drug-likeness (QED) is 0.753. The van der Waals surface area contributed by atoms with Gasteiger partial charge in [-0.15, -0.1) is 0 Å². The highest BCUT2D eigenvalue weighted by molar-refractivity contribution is 6.42. The first-order valence-electron chi connectivity index (χ1n) is 6.67. The maximum Gasteiger partial charge on any atom is 0.147 e. The number of hydrogen-bond donors (Lipinski definition) is 1. The Labute approximate surface area is 139 Å². The summed E-state index contributed by atoms with van der Waals surface area (Å²) in [5.74, 6) is 1.20. The van der Waals surface area contributed by atoms with E-state index < -0.39 is 0 Å². The summed E-state index contributed by atoms with van der Waals surface area (Å²) in [5.41, 5.74) is 6.98. The van der Waals surface area contributed by atoms with Crippen LogP contribution in [0.25, 0.3) is 0 Å². The molecule has 0 fully saturated rings. The average molecular weight is 345 g/mol. The number of ether oxygens (including phenoxy) is 1. The zero-order chi connectivity index (χ0) is 15.4. The van der Waals surface area contributed by atoms with Crippen molar-refractivity contribution >= 4 is 34.8 Å². The zero-order valence-corrected chi connectivity index (χ0v) is 13.8. The van der Waals surface area contributed by atoms with Crippen LogP contribution in [0.2, 0.25) is 15.1 Å². The van der Waals surface area contributed by atoms with Crippen LogP contribution in [-0.4, -0.2) is 6.04 Å². The Morgan fingerprint density at radius 3 is 2.57 bits per heavy atom. The third-order valence-electron chi connectivity index (χ3n) is 3.17. The first-order chi connectivity index (χ1) is 10.0. The van der Waals surface area contributed by atoms with Crippen molar-refractivity contribution in [2.24, 2.45) is 5.73 Å². The van der Waals surface area contributed by atoms with Gasteiger partial charge in [0.1, 0.15) is 16.5 Å². The minimum atomic E-state index is 0.0562. The molecule has 0 spiro atoms. The van der Waals surface area contributed by atoms with Gasteiger partial charge in [0.15, 0.2) is 0 Å². The summed E-state index contributed by atoms with van der Waals surface area (Å²) in [6.45, 7) is 2.05. The minimum absolute atomic E-state index is 0.0562. The third kappa shape index (κ3) is 4.27. The lowest BCUT2D eigenvalue weighted by molar-refractivity contribution is 0.472. The van der Waals surface area contributed by atoms with Crippen molar-refractivity contribution in [1.29, 1.82) is 0 Å². The Morgan fingerprint density at radius 2 is 1.86 bits per heavy atom. The summed E-state index contributed by atoms with van der Waals surface area (Å²) >= 11 is 18.2. The fourth-order valence-electron chi connectivity index (χ4n) is 1.92. The maximum atomic E-state index is 6.15. The van der Waals surface area contributed by atoms with Crippen LogP contribution in [0.15, 0.2) is 36.4 Å². The van der Waals surface area contributed by atoms with Crippen molar-refractivity contribution in [3.63, 3.8) is 0 Å². The highest BCUT2D eigenvalue weighted by atomic mass is 35.5. The Hall–Kier alpha value is -0.930. The molecule has 0 aliphatic heterocycles. The number of benzene rings is 2. The molecule has 1 unspecified atom stereocenters. The molecule has 0 radical (unpaired) electrons. The smallest absolute Gasteiger partial charge is 0.147 e. The molecule has 0 aromatic heterocycles. The molecule has 5 heteroatoms. The van der Waals surface area contributed by atoms with E-state index in [1.54, 1.807) is 24.3 Å². The number of nitrogens with two attached hydrogens (primary N) is 1. The molecule has 2 N–H and O–H groups in total. The van der Waals surface area contributed by atoms with Crippen molar-refractivity contribution in [3.8, 4) is 11.5 Å². The summed E-state index contributed by atoms with van der Waals surface area (Å²) in [6.07, 6.45) is 1.56. The molecule has 2 nitrogen and oxygen atoms in total. The van der Waals surface area contributed by atoms with Crippen molar-refractivity contribution in [2.45, 2.75) is 25.8 Å². The Balaban J connectivity index is 2.33. The molecule has 2 aromatic rings. The predicted molar refractivity (Wildman–Crippen MR) is 90.0 cm³/mol. The van der Waals surface area contributed by atoms with E-state index in [4.69, 9.17) is 45.3 Å². The fraction of sp³-hybridized carbons (Fsp3) is 0.250. The minimum Gasteiger partial charge on any atom is -0.455 e. The van der Waals surface area contributed by atoms with Crippen LogP contribution in [0.3, 0.4) is 0 Å². The number of rotatable bonds is 5. The molecule has 0 saturated carbocycles. The van der Waals surface area contributed by atoms with Crippen LogP contribution < -0.4 is 10.5 Å². The monoisotopic (exact) mass is 343 g/mol. The summed E-state index contributed by atoms with van der Waals surface area (Å²) < 4.78 is 5.89. The second kappa shape index (κ2) is 7.37. The van der Waals surface area contributed by atoms with E-state index in [0.717, 1.165) is 12.0 Å². The van der Waals surface area contributed by atoms with Crippen molar-refractivity contribution in [3.05, 3.63) is 57.0 Å². The molecule has 0 amide bonds. The number of hydrogen-bond acceptors (Lipinski definition) is 2. The van der Waals surface area contributed by atoms with Gasteiger partial charge in [-0.1, -0.05) is 47.8 Å². The first kappa shape index (κ1) is 16.4. The van der Waals surface area contributed by atoms with Crippen molar-refractivity contribution in [2.75, 3.05) is 0 Å². The van der Waals surface area contributed by atoms with Gasteiger partial charge in [-0.3, -0.25) is 0 Å². The van der Waals surface area contributed by atoms with Crippen LogP contribution in [0, 0.1) is 0 Å². The topological polar surface area (TPSA) is 35.2 Å². The molecule has 21 heavy (non-hydrogen) atoms. The molecule has 2 aromatic carbocycles. The van der Waals surface area contributed by atoms with Gasteiger partial charge in [0, 0.05) is 11.1 Å². The molecule has 0 saturated heterocycles. The van der Waals surface area contributed by atoms with E-state index in [2.05, 4.69) is 0 Å². The Morgan fingerprint density at radius 1 is 1.10 bits per heavy atom. The summed E-state index contributed by atoms with van der Waals surface area (Å²) in [5, 5.41) is 1.49. The predicted octanol–water partition coefficient (Wildman–Crippen LogP) is 5.72. The molecule has 0 heterocycles. The largest absolute Gasteiger partial charge is 0.455 e. The second-order valence-corrected chi connectivity index (χ2v) is 6.00. The van der Waals surface area contributed by atoms with E-state index in [-0.39, 0.29) is 6.04 Å². The van der Waals surface area contributed by atoms with Crippen LogP contribution in [-0.2, 0) is 6.42 Å². The Kier molecular flexibility index (Phi) is 5.77. The highest BCUT2D eigenvalue weighted by Gasteiger charge is 2.12. The maximum absolute atomic E-state index is 6.15. The van der Waals surface area contributed by atoms with Gasteiger partial charge in [-0.05, 0) is 48.7 Å². The fourth-order valence-corrected chi connectivity index (χ4v) is 2.44. The summed E-state index contributed by atoms with van der Waals surface area (Å²) in [7, 11) is 0. The molecule has 0 aliphatic rings. The van der Waals surface area contributed by atoms with Crippen molar-refractivity contribution < 1.29 is 4.74 Å². The lowest BCUT2D eigenvalue weighted by atomic mass is 10.0. The molecule has 112 valence electrons.